The molecule has 3 N–H and O–H groups in total. The smallest absolute Gasteiger partial charge is 0.113 e. The molecule has 0 unspecified atom stereocenters. The van der Waals surface area contributed by atoms with Crippen LogP contribution in [0.1, 0.15) is 6.42 Å². The van der Waals surface area contributed by atoms with Crippen LogP contribution < -0.4 is 5.90 Å². The zero-order chi connectivity index (χ0) is 6.74. The molecule has 1 saturated heterocycles. The molecule has 1 aliphatic heterocycles. The van der Waals surface area contributed by atoms with Crippen LogP contribution in [0.2, 0.25) is 0 Å². The summed E-state index contributed by atoms with van der Waals surface area (Å²) >= 11 is 0. The fraction of sp³-hybridized carbons (Fsp3) is 1.00. The molecule has 1 heterocycles. The summed E-state index contributed by atoms with van der Waals surface area (Å²) in [5, 5.41) is 9.28. The van der Waals surface area contributed by atoms with Gasteiger partial charge in [0.05, 0.1) is 19.8 Å². The average Bonchev–Trinajstić information content (AvgIpc) is 1.79. The van der Waals surface area contributed by atoms with Gasteiger partial charge in [-0.05, 0) is 0 Å². The highest BCUT2D eigenvalue weighted by molar-refractivity contribution is 4.84. The quantitative estimate of drug-likeness (QED) is 0.486. The van der Waals surface area contributed by atoms with E-state index in [1.54, 1.807) is 0 Å². The normalized spacial score (nSPS) is 23.3. The Morgan fingerprint density at radius 3 is 2.67 bits per heavy atom. The van der Waals surface area contributed by atoms with Crippen LogP contribution in [0.15, 0.2) is 0 Å². The van der Waals surface area contributed by atoms with Gasteiger partial charge in [-0.15, -0.1) is 0 Å². The van der Waals surface area contributed by atoms with Crippen LogP contribution >= 0.6 is 0 Å². The van der Waals surface area contributed by atoms with Crippen molar-refractivity contribution >= 4 is 0 Å². The summed E-state index contributed by atoms with van der Waals surface area (Å²) < 4.78 is 4.79. The van der Waals surface area contributed by atoms with E-state index < -0.39 is 5.60 Å². The molecule has 1 rings (SSSR count). The van der Waals surface area contributed by atoms with Gasteiger partial charge in [-0.2, -0.15) is 0 Å². The van der Waals surface area contributed by atoms with E-state index >= 15 is 0 Å². The lowest BCUT2D eigenvalue weighted by molar-refractivity contribution is -0.187. The van der Waals surface area contributed by atoms with Crippen LogP contribution in [0, 0.1) is 0 Å². The third-order valence-electron chi connectivity index (χ3n) is 1.43. The van der Waals surface area contributed by atoms with Crippen LogP contribution in [-0.2, 0) is 9.57 Å². The highest BCUT2D eigenvalue weighted by atomic mass is 16.6. The largest absolute Gasteiger partial charge is 0.385 e. The van der Waals surface area contributed by atoms with E-state index in [-0.39, 0.29) is 0 Å². The van der Waals surface area contributed by atoms with Crippen LogP contribution in [0.5, 0.6) is 0 Å². The van der Waals surface area contributed by atoms with Crippen LogP contribution in [-0.4, -0.2) is 30.5 Å². The summed E-state index contributed by atoms with van der Waals surface area (Å²) in [6, 6.07) is 0. The Bertz CT molecular complexity index is 92.2. The first-order chi connectivity index (χ1) is 4.27. The van der Waals surface area contributed by atoms with Crippen LogP contribution in [0.3, 0.4) is 0 Å². The van der Waals surface area contributed by atoms with Gasteiger partial charge in [0, 0.05) is 6.42 Å². The van der Waals surface area contributed by atoms with Gasteiger partial charge in [0.25, 0.3) is 0 Å². The van der Waals surface area contributed by atoms with Gasteiger partial charge in [-0.3, -0.25) is 0 Å². The minimum absolute atomic E-state index is 0.389. The van der Waals surface area contributed by atoms with Crippen molar-refractivity contribution in [3.05, 3.63) is 0 Å². The van der Waals surface area contributed by atoms with Crippen molar-refractivity contribution in [2.75, 3.05) is 19.8 Å². The molecule has 1 fully saturated rings. The Kier molecular flexibility index (Phi) is 2.02. The molecule has 4 heteroatoms. The zero-order valence-corrected chi connectivity index (χ0v) is 5.17. The third kappa shape index (κ3) is 1.62. The summed E-state index contributed by atoms with van der Waals surface area (Å²) in [4.78, 5) is 4.30. The molecule has 0 atom stereocenters. The second-order valence-electron chi connectivity index (χ2n) is 2.34. The lowest BCUT2D eigenvalue weighted by Crippen LogP contribution is -2.50. The maximum absolute atomic E-state index is 9.28. The van der Waals surface area contributed by atoms with Gasteiger partial charge in [0.2, 0.25) is 0 Å². The van der Waals surface area contributed by atoms with Gasteiger partial charge >= 0.3 is 0 Å². The number of rotatable bonds is 3. The fourth-order valence-corrected chi connectivity index (χ4v) is 0.731. The van der Waals surface area contributed by atoms with E-state index in [0.717, 1.165) is 0 Å². The second-order valence-corrected chi connectivity index (χ2v) is 2.34. The van der Waals surface area contributed by atoms with Crippen LogP contribution in [0.4, 0.5) is 0 Å². The predicted octanol–water partition coefficient (Wildman–Crippen LogP) is -0.972. The molecule has 0 spiro atoms. The van der Waals surface area contributed by atoms with Crippen molar-refractivity contribution in [3.8, 4) is 0 Å². The van der Waals surface area contributed by atoms with Crippen molar-refractivity contribution in [2.24, 2.45) is 5.90 Å². The molecular weight excluding hydrogens is 122 g/mol. The van der Waals surface area contributed by atoms with E-state index in [2.05, 4.69) is 4.84 Å². The molecule has 0 bridgehead atoms. The van der Waals surface area contributed by atoms with E-state index in [0.29, 0.717) is 26.2 Å². The second kappa shape index (κ2) is 2.62. The highest BCUT2D eigenvalue weighted by Gasteiger charge is 2.35. The van der Waals surface area contributed by atoms with Crippen molar-refractivity contribution in [2.45, 2.75) is 12.0 Å². The van der Waals surface area contributed by atoms with E-state index in [9.17, 15) is 5.11 Å². The Labute approximate surface area is 53.5 Å². The lowest BCUT2D eigenvalue weighted by Gasteiger charge is -2.35. The molecule has 54 valence electrons. The van der Waals surface area contributed by atoms with E-state index in [4.69, 9.17) is 10.6 Å². The number of ether oxygens (including phenoxy) is 1. The molecule has 0 amide bonds. The average molecular weight is 133 g/mol. The predicted molar refractivity (Wildman–Crippen MR) is 30.5 cm³/mol. The maximum atomic E-state index is 9.28. The van der Waals surface area contributed by atoms with Gasteiger partial charge in [0.1, 0.15) is 5.60 Å². The minimum Gasteiger partial charge on any atom is -0.385 e. The van der Waals surface area contributed by atoms with Crippen molar-refractivity contribution in [1.82, 2.24) is 0 Å². The molecule has 0 saturated carbocycles. The lowest BCUT2D eigenvalue weighted by atomic mass is 9.99. The topological polar surface area (TPSA) is 64.7 Å². The number of aliphatic hydroxyl groups is 1. The number of hydrogen-bond acceptors (Lipinski definition) is 4. The summed E-state index contributed by atoms with van der Waals surface area (Å²) in [7, 11) is 0. The molecule has 0 aromatic carbocycles. The van der Waals surface area contributed by atoms with Gasteiger partial charge < -0.3 is 14.7 Å². The molecular formula is C5H11NO3. The van der Waals surface area contributed by atoms with Crippen molar-refractivity contribution in [1.29, 1.82) is 0 Å². The Hall–Kier alpha value is -0.160. The number of nitrogens with two attached hydrogens (primary N) is 1. The molecule has 0 aromatic rings. The van der Waals surface area contributed by atoms with E-state index in [1.165, 1.54) is 0 Å². The molecule has 0 radical (unpaired) electrons. The molecule has 0 aliphatic carbocycles. The Morgan fingerprint density at radius 1 is 1.67 bits per heavy atom. The van der Waals surface area contributed by atoms with Crippen molar-refractivity contribution in [3.63, 3.8) is 0 Å². The van der Waals surface area contributed by atoms with E-state index in [1.807, 2.05) is 0 Å². The molecule has 4 nitrogen and oxygen atoms in total. The highest BCUT2D eigenvalue weighted by Crippen LogP contribution is 2.19. The summed E-state index contributed by atoms with van der Waals surface area (Å²) in [5.74, 6) is 4.76. The Balaban J connectivity index is 2.09. The first kappa shape index (κ1) is 6.95. The first-order valence-electron chi connectivity index (χ1n) is 2.89. The SMILES string of the molecule is NOCCC1(O)COC1. The summed E-state index contributed by atoms with van der Waals surface area (Å²) in [6.45, 7) is 1.21. The molecule has 1 aliphatic rings. The zero-order valence-electron chi connectivity index (χ0n) is 5.17. The van der Waals surface area contributed by atoms with Gasteiger partial charge in [-0.25, -0.2) is 5.90 Å². The number of hydrogen-bond donors (Lipinski definition) is 2. The minimum atomic E-state index is -0.653. The summed E-state index contributed by atoms with van der Waals surface area (Å²) in [5.41, 5.74) is -0.653. The maximum Gasteiger partial charge on any atom is 0.113 e. The Morgan fingerprint density at radius 2 is 2.33 bits per heavy atom. The van der Waals surface area contributed by atoms with Crippen LogP contribution in [0.25, 0.3) is 0 Å². The van der Waals surface area contributed by atoms with Crippen molar-refractivity contribution < 1.29 is 14.7 Å². The monoisotopic (exact) mass is 133 g/mol. The molecule has 9 heavy (non-hydrogen) atoms. The van der Waals surface area contributed by atoms with Gasteiger partial charge in [-0.1, -0.05) is 0 Å². The fourth-order valence-electron chi connectivity index (χ4n) is 0.731. The van der Waals surface area contributed by atoms with Gasteiger partial charge in [0.15, 0.2) is 0 Å². The standard InChI is InChI=1S/C5H11NO3/c6-9-2-1-5(7)3-8-4-5/h7H,1-4,6H2. The third-order valence-corrected chi connectivity index (χ3v) is 1.43. The molecule has 0 aromatic heterocycles. The first-order valence-corrected chi connectivity index (χ1v) is 2.89. The summed E-state index contributed by atoms with van der Waals surface area (Å²) in [6.07, 6.45) is 0.559.